The standard InChI is InChI=1S/C22H24FN5O2/c1-15(2)21-17(14-25-28(21)20-5-3-4-8-24-20)22(29)26-16-6-7-19(18(23)13-16)27-9-11-30-12-10-27/h3-8,13-15H,9-12H2,1-2H3,(H,26,29). The second kappa shape index (κ2) is 8.62. The molecule has 0 aliphatic carbocycles. The molecule has 4 rings (SSSR count). The summed E-state index contributed by atoms with van der Waals surface area (Å²) in [6, 6.07) is 10.3. The van der Waals surface area contributed by atoms with Gasteiger partial charge in [-0.05, 0) is 36.2 Å². The van der Waals surface area contributed by atoms with Crippen LogP contribution in [0.5, 0.6) is 0 Å². The first-order valence-corrected chi connectivity index (χ1v) is 9.97. The minimum absolute atomic E-state index is 0.0377. The zero-order valence-electron chi connectivity index (χ0n) is 17.0. The van der Waals surface area contributed by atoms with Gasteiger partial charge in [0.25, 0.3) is 5.91 Å². The molecule has 0 atom stereocenters. The van der Waals surface area contributed by atoms with E-state index >= 15 is 0 Å². The molecule has 30 heavy (non-hydrogen) atoms. The van der Waals surface area contributed by atoms with Gasteiger partial charge in [-0.1, -0.05) is 19.9 Å². The molecular formula is C22H24FN5O2. The zero-order chi connectivity index (χ0) is 21.1. The fourth-order valence-electron chi connectivity index (χ4n) is 3.59. The van der Waals surface area contributed by atoms with Crippen LogP contribution in [0.4, 0.5) is 15.8 Å². The summed E-state index contributed by atoms with van der Waals surface area (Å²) < 4.78 is 21.6. The van der Waals surface area contributed by atoms with Crippen LogP contribution in [0.2, 0.25) is 0 Å². The van der Waals surface area contributed by atoms with E-state index in [1.54, 1.807) is 23.0 Å². The van der Waals surface area contributed by atoms with E-state index in [2.05, 4.69) is 15.4 Å². The zero-order valence-corrected chi connectivity index (χ0v) is 17.0. The van der Waals surface area contributed by atoms with Crippen LogP contribution in [0.25, 0.3) is 5.82 Å². The van der Waals surface area contributed by atoms with Crippen LogP contribution in [0.3, 0.4) is 0 Å². The fraction of sp³-hybridized carbons (Fsp3) is 0.318. The lowest BCUT2D eigenvalue weighted by Gasteiger charge is -2.29. The molecule has 0 saturated carbocycles. The highest BCUT2D eigenvalue weighted by atomic mass is 19.1. The van der Waals surface area contributed by atoms with Crippen molar-refractivity contribution in [2.45, 2.75) is 19.8 Å². The van der Waals surface area contributed by atoms with Crippen LogP contribution in [0.1, 0.15) is 35.8 Å². The number of pyridine rings is 1. The number of aromatic nitrogens is 3. The maximum absolute atomic E-state index is 14.7. The monoisotopic (exact) mass is 409 g/mol. The molecule has 8 heteroatoms. The molecule has 0 unspecified atom stereocenters. The van der Waals surface area contributed by atoms with Crippen LogP contribution >= 0.6 is 0 Å². The minimum atomic E-state index is -0.372. The Labute approximate surface area is 174 Å². The molecule has 0 bridgehead atoms. The number of morpholine rings is 1. The van der Waals surface area contributed by atoms with Gasteiger partial charge in [-0.3, -0.25) is 4.79 Å². The molecule has 1 aliphatic rings. The summed E-state index contributed by atoms with van der Waals surface area (Å²) in [4.78, 5) is 19.2. The Balaban J connectivity index is 1.57. The first-order chi connectivity index (χ1) is 14.5. The topological polar surface area (TPSA) is 72.3 Å². The van der Waals surface area contributed by atoms with E-state index in [1.807, 2.05) is 36.9 Å². The second-order valence-corrected chi connectivity index (χ2v) is 7.42. The normalized spacial score (nSPS) is 14.2. The largest absolute Gasteiger partial charge is 0.378 e. The van der Waals surface area contributed by atoms with Gasteiger partial charge >= 0.3 is 0 Å². The van der Waals surface area contributed by atoms with Crippen molar-refractivity contribution in [3.05, 3.63) is 65.9 Å². The molecule has 1 fully saturated rings. The average molecular weight is 409 g/mol. The number of ether oxygens (including phenoxy) is 1. The first-order valence-electron chi connectivity index (χ1n) is 9.97. The van der Waals surface area contributed by atoms with Crippen molar-refractivity contribution in [1.29, 1.82) is 0 Å². The van der Waals surface area contributed by atoms with E-state index in [4.69, 9.17) is 4.74 Å². The lowest BCUT2D eigenvalue weighted by molar-refractivity contribution is 0.102. The molecule has 0 spiro atoms. The second-order valence-electron chi connectivity index (χ2n) is 7.42. The van der Waals surface area contributed by atoms with Crippen LogP contribution < -0.4 is 10.2 Å². The molecule has 1 aliphatic heterocycles. The molecule has 0 radical (unpaired) electrons. The van der Waals surface area contributed by atoms with Crippen molar-refractivity contribution in [3.8, 4) is 5.82 Å². The summed E-state index contributed by atoms with van der Waals surface area (Å²) in [5, 5.41) is 7.16. The third-order valence-corrected chi connectivity index (χ3v) is 5.02. The van der Waals surface area contributed by atoms with Gasteiger partial charge in [-0.15, -0.1) is 0 Å². The van der Waals surface area contributed by atoms with E-state index < -0.39 is 0 Å². The Morgan fingerprint density at radius 2 is 2.00 bits per heavy atom. The molecule has 3 heterocycles. The Kier molecular flexibility index (Phi) is 5.76. The summed E-state index contributed by atoms with van der Waals surface area (Å²) in [7, 11) is 0. The van der Waals surface area contributed by atoms with Crippen molar-refractivity contribution in [2.75, 3.05) is 36.5 Å². The number of rotatable bonds is 5. The molecule has 1 saturated heterocycles. The number of nitrogens with one attached hydrogen (secondary N) is 1. The van der Waals surface area contributed by atoms with E-state index in [0.717, 1.165) is 5.69 Å². The van der Waals surface area contributed by atoms with Gasteiger partial charge in [-0.2, -0.15) is 5.10 Å². The Bertz CT molecular complexity index is 1030. The molecule has 156 valence electrons. The van der Waals surface area contributed by atoms with Crippen LogP contribution in [-0.2, 0) is 4.74 Å². The summed E-state index contributed by atoms with van der Waals surface area (Å²) in [6.07, 6.45) is 3.21. The van der Waals surface area contributed by atoms with Gasteiger partial charge in [0.05, 0.1) is 36.4 Å². The average Bonchev–Trinajstić information content (AvgIpc) is 3.21. The predicted octanol–water partition coefficient (Wildman–Crippen LogP) is 3.62. The maximum Gasteiger partial charge on any atom is 0.259 e. The van der Waals surface area contributed by atoms with E-state index in [9.17, 15) is 9.18 Å². The fourth-order valence-corrected chi connectivity index (χ4v) is 3.59. The number of anilines is 2. The van der Waals surface area contributed by atoms with Gasteiger partial charge in [0.1, 0.15) is 5.82 Å². The van der Waals surface area contributed by atoms with Crippen LogP contribution in [-0.4, -0.2) is 47.0 Å². The number of amides is 1. The number of halogens is 1. The minimum Gasteiger partial charge on any atom is -0.378 e. The van der Waals surface area contributed by atoms with E-state index in [-0.39, 0.29) is 17.6 Å². The molecule has 1 N–H and O–H groups in total. The molecule has 3 aromatic rings. The molecular weight excluding hydrogens is 385 g/mol. The van der Waals surface area contributed by atoms with Crippen molar-refractivity contribution in [2.24, 2.45) is 0 Å². The first kappa shape index (κ1) is 20.0. The molecule has 7 nitrogen and oxygen atoms in total. The van der Waals surface area contributed by atoms with Gasteiger partial charge in [0.15, 0.2) is 5.82 Å². The highest BCUT2D eigenvalue weighted by molar-refractivity contribution is 6.05. The number of hydrogen-bond donors (Lipinski definition) is 1. The van der Waals surface area contributed by atoms with E-state index in [1.165, 1.54) is 12.3 Å². The van der Waals surface area contributed by atoms with Crippen LogP contribution in [0.15, 0.2) is 48.8 Å². The van der Waals surface area contributed by atoms with Crippen molar-refractivity contribution >= 4 is 17.3 Å². The molecule has 1 aromatic carbocycles. The van der Waals surface area contributed by atoms with Crippen molar-refractivity contribution in [3.63, 3.8) is 0 Å². The Morgan fingerprint density at radius 3 is 2.67 bits per heavy atom. The lowest BCUT2D eigenvalue weighted by Crippen LogP contribution is -2.36. The maximum atomic E-state index is 14.7. The quantitative estimate of drug-likeness (QED) is 0.697. The number of hydrogen-bond acceptors (Lipinski definition) is 5. The summed E-state index contributed by atoms with van der Waals surface area (Å²) in [6.45, 7) is 6.43. The SMILES string of the molecule is CC(C)c1c(C(=O)Nc2ccc(N3CCOCC3)c(F)c2)cnn1-c1ccccn1. The van der Waals surface area contributed by atoms with Gasteiger partial charge in [-0.25, -0.2) is 14.1 Å². The van der Waals surface area contributed by atoms with Gasteiger partial charge in [0.2, 0.25) is 0 Å². The summed E-state index contributed by atoms with van der Waals surface area (Å²) in [5.41, 5.74) is 2.10. The number of nitrogens with zero attached hydrogens (tertiary/aromatic N) is 4. The lowest BCUT2D eigenvalue weighted by atomic mass is 10.1. The third-order valence-electron chi connectivity index (χ3n) is 5.02. The molecule has 2 aromatic heterocycles. The van der Waals surface area contributed by atoms with Crippen molar-refractivity contribution < 1.29 is 13.9 Å². The third kappa shape index (κ3) is 4.04. The van der Waals surface area contributed by atoms with Gasteiger partial charge < -0.3 is 15.0 Å². The number of benzene rings is 1. The Hall–Kier alpha value is -3.26. The highest BCUT2D eigenvalue weighted by Gasteiger charge is 2.22. The van der Waals surface area contributed by atoms with Crippen molar-refractivity contribution in [1.82, 2.24) is 14.8 Å². The Morgan fingerprint density at radius 1 is 1.20 bits per heavy atom. The molecule has 1 amide bonds. The van der Waals surface area contributed by atoms with Gasteiger partial charge in [0, 0.05) is 25.0 Å². The summed E-state index contributed by atoms with van der Waals surface area (Å²) >= 11 is 0. The number of carbonyl (C=O) groups excluding carboxylic acids is 1. The highest BCUT2D eigenvalue weighted by Crippen LogP contribution is 2.26. The van der Waals surface area contributed by atoms with E-state index in [0.29, 0.717) is 49.1 Å². The predicted molar refractivity (Wildman–Crippen MR) is 113 cm³/mol. The summed E-state index contributed by atoms with van der Waals surface area (Å²) in [5.74, 6) is -0.0285. The van der Waals surface area contributed by atoms with Crippen LogP contribution in [0, 0.1) is 5.82 Å². The number of carbonyl (C=O) groups is 1. The smallest absolute Gasteiger partial charge is 0.259 e.